The van der Waals surface area contributed by atoms with Gasteiger partial charge in [0.2, 0.25) is 0 Å². The van der Waals surface area contributed by atoms with Crippen molar-refractivity contribution >= 4 is 16.0 Å². The molecule has 1 amide bonds. The average molecular weight is 278 g/mol. The maximum atomic E-state index is 11.3. The Balaban J connectivity index is 3.94. The van der Waals surface area contributed by atoms with Gasteiger partial charge < -0.3 is 14.4 Å². The number of carbonyl (C=O) groups excluding carboxylic acids is 1. The SMILES string of the molecule is C=C(C)C(=O)NC[N+](C)(C)CCCCS(=O)(=O)[O-]. The monoisotopic (exact) mass is 278 g/mol. The van der Waals surface area contributed by atoms with Crippen LogP contribution in [-0.2, 0) is 14.9 Å². The van der Waals surface area contributed by atoms with Crippen molar-refractivity contribution in [3.63, 3.8) is 0 Å². The van der Waals surface area contributed by atoms with Crippen molar-refractivity contribution in [2.45, 2.75) is 19.8 Å². The van der Waals surface area contributed by atoms with E-state index in [9.17, 15) is 17.8 Å². The largest absolute Gasteiger partial charge is 0.748 e. The molecule has 6 nitrogen and oxygen atoms in total. The number of carbonyl (C=O) groups is 1. The van der Waals surface area contributed by atoms with E-state index in [1.54, 1.807) is 6.92 Å². The summed E-state index contributed by atoms with van der Waals surface area (Å²) in [5.74, 6) is -0.520. The number of hydrogen-bond acceptors (Lipinski definition) is 4. The van der Waals surface area contributed by atoms with Gasteiger partial charge in [-0.05, 0) is 19.8 Å². The molecule has 106 valence electrons. The molecule has 0 aromatic heterocycles. The average Bonchev–Trinajstić information content (AvgIpc) is 2.20. The lowest BCUT2D eigenvalue weighted by Gasteiger charge is -2.29. The minimum Gasteiger partial charge on any atom is -0.748 e. The first-order valence-corrected chi connectivity index (χ1v) is 7.30. The van der Waals surface area contributed by atoms with Crippen molar-refractivity contribution < 1.29 is 22.2 Å². The second kappa shape index (κ2) is 6.86. The maximum absolute atomic E-state index is 11.3. The summed E-state index contributed by atoms with van der Waals surface area (Å²) in [4.78, 5) is 11.3. The van der Waals surface area contributed by atoms with Gasteiger partial charge >= 0.3 is 0 Å². The number of unbranched alkanes of at least 4 members (excludes halogenated alkanes) is 1. The van der Waals surface area contributed by atoms with Crippen LogP contribution in [0.5, 0.6) is 0 Å². The zero-order valence-corrected chi connectivity index (χ0v) is 12.0. The van der Waals surface area contributed by atoms with Crippen molar-refractivity contribution in [3.8, 4) is 0 Å². The molecule has 0 aromatic carbocycles. The topological polar surface area (TPSA) is 86.3 Å². The quantitative estimate of drug-likeness (QED) is 0.223. The fourth-order valence-electron chi connectivity index (χ4n) is 1.33. The summed E-state index contributed by atoms with van der Waals surface area (Å²) in [6, 6.07) is 0. The lowest BCUT2D eigenvalue weighted by molar-refractivity contribution is -0.892. The van der Waals surface area contributed by atoms with Crippen LogP contribution in [0, 0.1) is 0 Å². The molecule has 0 aliphatic rings. The first-order valence-electron chi connectivity index (χ1n) is 5.73. The molecule has 0 rings (SSSR count). The Morgan fingerprint density at radius 2 is 1.89 bits per heavy atom. The van der Waals surface area contributed by atoms with Crippen LogP contribution in [0.4, 0.5) is 0 Å². The van der Waals surface area contributed by atoms with E-state index < -0.39 is 10.1 Å². The highest BCUT2D eigenvalue weighted by Crippen LogP contribution is 2.02. The van der Waals surface area contributed by atoms with Gasteiger partial charge in [-0.15, -0.1) is 0 Å². The lowest BCUT2D eigenvalue weighted by Crippen LogP contribution is -2.49. The smallest absolute Gasteiger partial charge is 0.250 e. The molecule has 0 saturated heterocycles. The highest BCUT2D eigenvalue weighted by Gasteiger charge is 2.15. The molecular formula is C11H22N2O4S. The predicted octanol–water partition coefficient (Wildman–Crippen LogP) is 0.0380. The molecule has 0 spiro atoms. The van der Waals surface area contributed by atoms with Crippen LogP contribution in [0.3, 0.4) is 0 Å². The first kappa shape index (κ1) is 17.1. The van der Waals surface area contributed by atoms with Gasteiger partial charge in [0.1, 0.15) is 0 Å². The van der Waals surface area contributed by atoms with E-state index in [2.05, 4.69) is 11.9 Å². The third kappa shape index (κ3) is 9.15. The molecule has 0 bridgehead atoms. The Morgan fingerprint density at radius 1 is 1.33 bits per heavy atom. The first-order chi connectivity index (χ1) is 8.03. The Labute approximate surface area is 109 Å². The van der Waals surface area contributed by atoms with Gasteiger partial charge in [-0.2, -0.15) is 0 Å². The van der Waals surface area contributed by atoms with E-state index in [0.29, 0.717) is 36.1 Å². The standard InChI is InChI=1S/C11H22N2O4S/c1-10(2)11(14)12-9-13(3,4)7-5-6-8-18(15,16)17/h1,5-9H2,2-4H3,(H-,12,14,15,16,17). The van der Waals surface area contributed by atoms with Gasteiger partial charge in [0, 0.05) is 11.3 Å². The normalized spacial score (nSPS) is 12.2. The molecule has 0 saturated carbocycles. The third-order valence-corrected chi connectivity index (χ3v) is 3.25. The molecule has 0 unspecified atom stereocenters. The highest BCUT2D eigenvalue weighted by molar-refractivity contribution is 7.85. The summed E-state index contributed by atoms with van der Waals surface area (Å²) in [6.45, 7) is 6.30. The zero-order valence-electron chi connectivity index (χ0n) is 11.2. The van der Waals surface area contributed by atoms with Crippen molar-refractivity contribution in [1.29, 1.82) is 0 Å². The zero-order chi connectivity index (χ0) is 14.4. The highest BCUT2D eigenvalue weighted by atomic mass is 32.2. The van der Waals surface area contributed by atoms with Crippen LogP contribution in [0.15, 0.2) is 12.2 Å². The van der Waals surface area contributed by atoms with E-state index >= 15 is 0 Å². The van der Waals surface area contributed by atoms with Crippen molar-refractivity contribution in [2.75, 3.05) is 33.1 Å². The van der Waals surface area contributed by atoms with Gasteiger partial charge in [-0.3, -0.25) is 4.79 Å². The van der Waals surface area contributed by atoms with Gasteiger partial charge in [-0.25, -0.2) is 8.42 Å². The molecule has 0 radical (unpaired) electrons. The van der Waals surface area contributed by atoms with Gasteiger partial charge in [0.15, 0.2) is 6.67 Å². The molecule has 1 N–H and O–H groups in total. The van der Waals surface area contributed by atoms with Crippen LogP contribution in [0.25, 0.3) is 0 Å². The lowest BCUT2D eigenvalue weighted by atomic mass is 10.3. The molecule has 0 aliphatic heterocycles. The van der Waals surface area contributed by atoms with Gasteiger partial charge in [0.25, 0.3) is 5.91 Å². The second-order valence-electron chi connectivity index (χ2n) is 5.07. The Bertz CT molecular complexity index is 401. The van der Waals surface area contributed by atoms with Crippen LogP contribution in [0.1, 0.15) is 19.8 Å². The van der Waals surface area contributed by atoms with Gasteiger partial charge in [0.05, 0.1) is 30.8 Å². The number of amides is 1. The second-order valence-corrected chi connectivity index (χ2v) is 6.60. The van der Waals surface area contributed by atoms with Crippen molar-refractivity contribution in [1.82, 2.24) is 5.32 Å². The van der Waals surface area contributed by atoms with Crippen LogP contribution < -0.4 is 5.32 Å². The third-order valence-electron chi connectivity index (χ3n) is 2.46. The number of nitrogens with zero attached hydrogens (tertiary/aromatic N) is 1. The molecule has 7 heteroatoms. The van der Waals surface area contributed by atoms with E-state index in [4.69, 9.17) is 0 Å². The predicted molar refractivity (Wildman–Crippen MR) is 68.6 cm³/mol. The summed E-state index contributed by atoms with van der Waals surface area (Å²) in [6.07, 6.45) is 0.972. The van der Waals surface area contributed by atoms with E-state index in [1.165, 1.54) is 0 Å². The Kier molecular flexibility index (Phi) is 6.51. The van der Waals surface area contributed by atoms with Crippen molar-refractivity contribution in [2.24, 2.45) is 0 Å². The number of hydrogen-bond donors (Lipinski definition) is 1. The Hall–Kier alpha value is -0.920. The Morgan fingerprint density at radius 3 is 2.33 bits per heavy atom. The number of rotatable bonds is 8. The summed E-state index contributed by atoms with van der Waals surface area (Å²) in [5, 5.41) is 2.73. The fraction of sp³-hybridized carbons (Fsp3) is 0.727. The summed E-state index contributed by atoms with van der Waals surface area (Å²) >= 11 is 0. The van der Waals surface area contributed by atoms with E-state index in [0.717, 1.165) is 0 Å². The molecule has 0 aliphatic carbocycles. The summed E-state index contributed by atoms with van der Waals surface area (Å²) < 4.78 is 31.8. The van der Waals surface area contributed by atoms with E-state index in [1.807, 2.05) is 14.1 Å². The number of nitrogens with one attached hydrogen (secondary N) is 1. The minimum atomic E-state index is -4.12. The molecule has 0 heterocycles. The van der Waals surface area contributed by atoms with Crippen LogP contribution >= 0.6 is 0 Å². The summed E-state index contributed by atoms with van der Waals surface area (Å²) in [5.41, 5.74) is 0.451. The van der Waals surface area contributed by atoms with Crippen LogP contribution in [0.2, 0.25) is 0 Å². The molecular weight excluding hydrogens is 256 g/mol. The van der Waals surface area contributed by atoms with Gasteiger partial charge in [-0.1, -0.05) is 6.58 Å². The van der Waals surface area contributed by atoms with E-state index in [-0.39, 0.29) is 11.7 Å². The summed E-state index contributed by atoms with van der Waals surface area (Å²) in [7, 11) is -0.275. The molecule has 0 atom stereocenters. The maximum Gasteiger partial charge on any atom is 0.250 e. The molecule has 0 fully saturated rings. The fourth-order valence-corrected chi connectivity index (χ4v) is 1.89. The molecule has 0 aromatic rings. The minimum absolute atomic E-state index is 0.191. The van der Waals surface area contributed by atoms with Crippen molar-refractivity contribution in [3.05, 3.63) is 12.2 Å². The number of quaternary nitrogens is 1. The van der Waals surface area contributed by atoms with Crippen LogP contribution in [-0.4, -0.2) is 56.4 Å². The molecule has 18 heavy (non-hydrogen) atoms.